The standard InChI is InChI=1S/C13H12ClF3O/c1-10-5-6-12(18-9-13(15,16)17)11(8-10)4-2-3-7-14/h5-6,8H,3,7,9H2,1H3. The maximum absolute atomic E-state index is 12.1. The first-order valence-electron chi connectivity index (χ1n) is 5.27. The zero-order valence-corrected chi connectivity index (χ0v) is 10.5. The number of aryl methyl sites for hydroxylation is 1. The molecule has 1 aromatic carbocycles. The first kappa shape index (κ1) is 14.7. The van der Waals surface area contributed by atoms with E-state index in [1.54, 1.807) is 12.1 Å². The lowest BCUT2D eigenvalue weighted by molar-refractivity contribution is -0.153. The van der Waals surface area contributed by atoms with Crippen LogP contribution in [0.5, 0.6) is 5.75 Å². The summed E-state index contributed by atoms with van der Waals surface area (Å²) >= 11 is 5.48. The molecule has 0 aliphatic heterocycles. The Morgan fingerprint density at radius 1 is 1.33 bits per heavy atom. The van der Waals surface area contributed by atoms with E-state index in [1.807, 2.05) is 6.92 Å². The van der Waals surface area contributed by atoms with Gasteiger partial charge in [0.25, 0.3) is 0 Å². The molecule has 0 aromatic heterocycles. The van der Waals surface area contributed by atoms with Crippen LogP contribution < -0.4 is 4.74 Å². The van der Waals surface area contributed by atoms with Crippen LogP contribution in [0.3, 0.4) is 0 Å². The molecule has 5 heteroatoms. The van der Waals surface area contributed by atoms with Gasteiger partial charge < -0.3 is 4.74 Å². The number of ether oxygens (including phenoxy) is 1. The molecule has 1 aromatic rings. The van der Waals surface area contributed by atoms with Gasteiger partial charge >= 0.3 is 6.18 Å². The molecule has 1 rings (SSSR count). The minimum absolute atomic E-state index is 0.139. The SMILES string of the molecule is Cc1ccc(OCC(F)(F)F)c(C#CCCCl)c1. The summed E-state index contributed by atoms with van der Waals surface area (Å²) < 4.78 is 41.0. The number of halogens is 4. The predicted molar refractivity (Wildman–Crippen MR) is 64.9 cm³/mol. The number of rotatable bonds is 3. The Labute approximate surface area is 109 Å². The van der Waals surface area contributed by atoms with Crippen molar-refractivity contribution in [1.29, 1.82) is 0 Å². The average molecular weight is 277 g/mol. The van der Waals surface area contributed by atoms with Crippen LogP contribution in [-0.4, -0.2) is 18.7 Å². The van der Waals surface area contributed by atoms with Gasteiger partial charge in [-0.3, -0.25) is 0 Å². The molecule has 0 bridgehead atoms. The van der Waals surface area contributed by atoms with Crippen molar-refractivity contribution in [3.8, 4) is 17.6 Å². The molecule has 0 heterocycles. The molecule has 0 spiro atoms. The van der Waals surface area contributed by atoms with Crippen molar-refractivity contribution in [2.75, 3.05) is 12.5 Å². The maximum atomic E-state index is 12.1. The second kappa shape index (κ2) is 6.55. The summed E-state index contributed by atoms with van der Waals surface area (Å²) in [6.45, 7) is 0.514. The van der Waals surface area contributed by atoms with E-state index in [1.165, 1.54) is 6.07 Å². The van der Waals surface area contributed by atoms with Crippen LogP contribution in [-0.2, 0) is 0 Å². The van der Waals surface area contributed by atoms with Gasteiger partial charge in [0, 0.05) is 12.3 Å². The van der Waals surface area contributed by atoms with Gasteiger partial charge in [-0.2, -0.15) is 13.2 Å². The van der Waals surface area contributed by atoms with E-state index in [4.69, 9.17) is 16.3 Å². The van der Waals surface area contributed by atoms with Crippen molar-refractivity contribution in [3.63, 3.8) is 0 Å². The molecule has 0 aliphatic rings. The van der Waals surface area contributed by atoms with E-state index in [0.29, 0.717) is 17.9 Å². The van der Waals surface area contributed by atoms with Gasteiger partial charge in [0.15, 0.2) is 6.61 Å². The molecule has 0 fully saturated rings. The molecular weight excluding hydrogens is 265 g/mol. The summed E-state index contributed by atoms with van der Waals surface area (Å²) in [4.78, 5) is 0. The third-order valence-corrected chi connectivity index (χ3v) is 2.16. The Balaban J connectivity index is 2.87. The molecule has 98 valence electrons. The zero-order valence-electron chi connectivity index (χ0n) is 9.77. The molecule has 0 aliphatic carbocycles. The van der Waals surface area contributed by atoms with Crippen LogP contribution in [0.25, 0.3) is 0 Å². The Morgan fingerprint density at radius 3 is 2.67 bits per heavy atom. The predicted octanol–water partition coefficient (Wildman–Crippen LogP) is 3.92. The zero-order chi connectivity index (χ0) is 13.6. The average Bonchev–Trinajstić information content (AvgIpc) is 2.27. The monoisotopic (exact) mass is 276 g/mol. The lowest BCUT2D eigenvalue weighted by Crippen LogP contribution is -2.19. The van der Waals surface area contributed by atoms with Gasteiger partial charge in [-0.15, -0.1) is 11.6 Å². The third-order valence-electron chi connectivity index (χ3n) is 1.97. The minimum atomic E-state index is -4.36. The maximum Gasteiger partial charge on any atom is 0.422 e. The number of hydrogen-bond acceptors (Lipinski definition) is 1. The van der Waals surface area contributed by atoms with Crippen molar-refractivity contribution in [1.82, 2.24) is 0 Å². The summed E-state index contributed by atoms with van der Waals surface area (Å²) in [7, 11) is 0. The van der Waals surface area contributed by atoms with Gasteiger partial charge in [-0.25, -0.2) is 0 Å². The molecule has 0 atom stereocenters. The second-order valence-electron chi connectivity index (χ2n) is 3.64. The molecule has 0 amide bonds. The summed E-state index contributed by atoms with van der Waals surface area (Å²) in [6.07, 6.45) is -3.88. The fourth-order valence-electron chi connectivity index (χ4n) is 1.23. The van der Waals surface area contributed by atoms with Gasteiger partial charge in [0.1, 0.15) is 5.75 Å². The molecule has 0 radical (unpaired) electrons. The van der Waals surface area contributed by atoms with E-state index in [-0.39, 0.29) is 5.75 Å². The molecule has 0 saturated heterocycles. The Morgan fingerprint density at radius 2 is 2.06 bits per heavy atom. The summed E-state index contributed by atoms with van der Waals surface area (Å²) in [5, 5.41) is 0. The van der Waals surface area contributed by atoms with E-state index in [2.05, 4.69) is 11.8 Å². The van der Waals surface area contributed by atoms with Gasteiger partial charge in [-0.05, 0) is 24.6 Å². The smallest absolute Gasteiger partial charge is 0.422 e. The highest BCUT2D eigenvalue weighted by atomic mass is 35.5. The number of hydrogen-bond donors (Lipinski definition) is 0. The highest BCUT2D eigenvalue weighted by molar-refractivity contribution is 6.18. The van der Waals surface area contributed by atoms with E-state index in [9.17, 15) is 13.2 Å². The largest absolute Gasteiger partial charge is 0.483 e. The molecule has 1 nitrogen and oxygen atoms in total. The Bertz CT molecular complexity index is 458. The summed E-state index contributed by atoms with van der Waals surface area (Å²) in [5.74, 6) is 6.06. The van der Waals surface area contributed by atoms with E-state index >= 15 is 0 Å². The normalized spacial score (nSPS) is 10.7. The van der Waals surface area contributed by atoms with Crippen molar-refractivity contribution in [3.05, 3.63) is 29.3 Å². The van der Waals surface area contributed by atoms with Crippen molar-refractivity contribution in [2.24, 2.45) is 0 Å². The van der Waals surface area contributed by atoms with Crippen molar-refractivity contribution in [2.45, 2.75) is 19.5 Å². The fourth-order valence-corrected chi connectivity index (χ4v) is 1.33. The topological polar surface area (TPSA) is 9.23 Å². The number of benzene rings is 1. The molecule has 0 saturated carbocycles. The van der Waals surface area contributed by atoms with Crippen molar-refractivity contribution >= 4 is 11.6 Å². The summed E-state index contributed by atoms with van der Waals surface area (Å²) in [5.41, 5.74) is 1.36. The van der Waals surface area contributed by atoms with E-state index < -0.39 is 12.8 Å². The Hall–Kier alpha value is -1.34. The second-order valence-corrected chi connectivity index (χ2v) is 4.02. The number of alkyl halides is 4. The van der Waals surface area contributed by atoms with Crippen LogP contribution in [0.1, 0.15) is 17.5 Å². The quantitative estimate of drug-likeness (QED) is 0.601. The highest BCUT2D eigenvalue weighted by Crippen LogP contribution is 2.22. The van der Waals surface area contributed by atoms with Crippen LogP contribution in [0.2, 0.25) is 0 Å². The van der Waals surface area contributed by atoms with Gasteiger partial charge in [-0.1, -0.05) is 17.9 Å². The third kappa shape index (κ3) is 5.33. The van der Waals surface area contributed by atoms with Crippen LogP contribution in [0, 0.1) is 18.8 Å². The first-order chi connectivity index (χ1) is 8.42. The fraction of sp³-hybridized carbons (Fsp3) is 0.385. The first-order valence-corrected chi connectivity index (χ1v) is 5.81. The molecular formula is C13H12ClF3O. The summed E-state index contributed by atoms with van der Waals surface area (Å²) in [6, 6.07) is 4.86. The Kier molecular flexibility index (Phi) is 5.36. The molecule has 0 unspecified atom stereocenters. The van der Waals surface area contributed by atoms with E-state index in [0.717, 1.165) is 5.56 Å². The van der Waals surface area contributed by atoms with Crippen LogP contribution >= 0.6 is 11.6 Å². The molecule has 18 heavy (non-hydrogen) atoms. The minimum Gasteiger partial charge on any atom is -0.483 e. The van der Waals surface area contributed by atoms with Gasteiger partial charge in [0.05, 0.1) is 5.56 Å². The van der Waals surface area contributed by atoms with Crippen LogP contribution in [0.4, 0.5) is 13.2 Å². The van der Waals surface area contributed by atoms with Crippen LogP contribution in [0.15, 0.2) is 18.2 Å². The van der Waals surface area contributed by atoms with Gasteiger partial charge in [0.2, 0.25) is 0 Å². The molecule has 0 N–H and O–H groups in total. The highest BCUT2D eigenvalue weighted by Gasteiger charge is 2.28. The lowest BCUT2D eigenvalue weighted by Gasteiger charge is -2.11. The van der Waals surface area contributed by atoms with Crippen molar-refractivity contribution < 1.29 is 17.9 Å². The lowest BCUT2D eigenvalue weighted by atomic mass is 10.1.